The van der Waals surface area contributed by atoms with Crippen LogP contribution in [0, 0.1) is 12.1 Å². The molecule has 3 aliphatic rings. The lowest BCUT2D eigenvalue weighted by atomic mass is 9.97. The number of rotatable bonds is 9. The van der Waals surface area contributed by atoms with Crippen LogP contribution >= 0.6 is 0 Å². The van der Waals surface area contributed by atoms with Crippen molar-refractivity contribution in [1.29, 1.82) is 0 Å². The van der Waals surface area contributed by atoms with Gasteiger partial charge in [0.15, 0.2) is 17.3 Å². The van der Waals surface area contributed by atoms with Gasteiger partial charge < -0.3 is 20.1 Å². The van der Waals surface area contributed by atoms with Gasteiger partial charge in [0, 0.05) is 25.2 Å². The van der Waals surface area contributed by atoms with E-state index in [-0.39, 0.29) is 18.2 Å². The molecule has 2 aliphatic heterocycles. The molecular weight excluding hydrogens is 667 g/mol. The molecule has 7 heteroatoms. The SMILES string of the molecule is C/C=C(\C=C(/C)C(N)=NC(=NC(C)c1ccccc1)C1=CC=CC2C=C1Oc1ccccc1O2)C1C=C(Cc2ccccc2)N=C(c2c#cccc2)N1C. The molecule has 3 unspecified atom stereocenters. The van der Waals surface area contributed by atoms with E-state index < -0.39 is 0 Å². The summed E-state index contributed by atoms with van der Waals surface area (Å²) >= 11 is 0. The molecule has 0 spiro atoms. The van der Waals surface area contributed by atoms with Gasteiger partial charge in [-0.25, -0.2) is 9.98 Å². The van der Waals surface area contributed by atoms with Crippen molar-refractivity contribution in [3.05, 3.63) is 203 Å². The smallest absolute Gasteiger partial charge is 0.169 e. The quantitative estimate of drug-likeness (QED) is 0.107. The van der Waals surface area contributed by atoms with Gasteiger partial charge >= 0.3 is 0 Å². The van der Waals surface area contributed by atoms with Crippen molar-refractivity contribution in [2.75, 3.05) is 7.05 Å². The highest BCUT2D eigenvalue weighted by atomic mass is 16.5. The van der Waals surface area contributed by atoms with E-state index in [1.165, 1.54) is 5.56 Å². The van der Waals surface area contributed by atoms with Gasteiger partial charge in [-0.1, -0.05) is 109 Å². The number of aliphatic imine (C=N–C) groups is 3. The third-order valence-corrected chi connectivity index (χ3v) is 9.47. The number of nitrogens with zero attached hydrogens (tertiary/aromatic N) is 4. The fourth-order valence-corrected chi connectivity index (χ4v) is 6.53. The van der Waals surface area contributed by atoms with E-state index in [1.807, 2.05) is 105 Å². The average molecular weight is 710 g/mol. The van der Waals surface area contributed by atoms with Crippen LogP contribution in [0.4, 0.5) is 0 Å². The first kappa shape index (κ1) is 35.7. The van der Waals surface area contributed by atoms with E-state index in [4.69, 9.17) is 30.2 Å². The van der Waals surface area contributed by atoms with Crippen molar-refractivity contribution in [2.45, 2.75) is 45.4 Å². The highest BCUT2D eigenvalue weighted by molar-refractivity contribution is 6.12. The van der Waals surface area contributed by atoms with Crippen LogP contribution in [-0.4, -0.2) is 41.6 Å². The summed E-state index contributed by atoms with van der Waals surface area (Å²) in [6.45, 7) is 6.08. The Morgan fingerprint density at radius 2 is 1.70 bits per heavy atom. The molecule has 3 atom stereocenters. The molecule has 4 aromatic rings. The first-order valence-electron chi connectivity index (χ1n) is 18.2. The third-order valence-electron chi connectivity index (χ3n) is 9.47. The Bertz CT molecular complexity index is 2260. The van der Waals surface area contributed by atoms with E-state index in [1.54, 1.807) is 0 Å². The summed E-state index contributed by atoms with van der Waals surface area (Å²) in [5, 5.41) is 0. The molecule has 0 amide bonds. The van der Waals surface area contributed by atoms with Crippen LogP contribution in [0.5, 0.6) is 11.5 Å². The molecule has 7 rings (SSSR count). The van der Waals surface area contributed by atoms with E-state index >= 15 is 0 Å². The van der Waals surface area contributed by atoms with Gasteiger partial charge in [0.2, 0.25) is 0 Å². The number of hydrogen-bond donors (Lipinski definition) is 1. The highest BCUT2D eigenvalue weighted by Gasteiger charge is 2.27. The molecule has 1 aliphatic carbocycles. The van der Waals surface area contributed by atoms with Gasteiger partial charge in [-0.05, 0) is 85.5 Å². The van der Waals surface area contributed by atoms with Crippen LogP contribution in [0.1, 0.15) is 43.5 Å². The predicted molar refractivity (Wildman–Crippen MR) is 219 cm³/mol. The molecule has 2 bridgehead atoms. The van der Waals surface area contributed by atoms with E-state index in [2.05, 4.69) is 85.6 Å². The average Bonchev–Trinajstić information content (AvgIpc) is 3.52. The number of benzene rings is 3. The molecular formula is C47H43N5O2. The second-order valence-electron chi connectivity index (χ2n) is 13.3. The van der Waals surface area contributed by atoms with Crippen LogP contribution < -0.4 is 15.2 Å². The van der Waals surface area contributed by atoms with Gasteiger partial charge in [-0.3, -0.25) is 4.99 Å². The predicted octanol–water partition coefficient (Wildman–Crippen LogP) is 9.10. The van der Waals surface area contributed by atoms with E-state index in [0.717, 1.165) is 33.8 Å². The minimum absolute atomic E-state index is 0.125. The standard InChI is InChI=1S/C47H43N5O2/c1-5-35(41-30-38(29-34-18-9-6-10-19-34)50-47(52(41)4)37-22-13-8-14-23-37)28-32(2)45(48)51-46(49-33(3)36-20-11-7-12-21-36)40-25-17-24-39-31-44(40)54-43-27-16-15-26-42(43)53-39/h5-13,15-22,24-28,30-31,33,39,41H,29H2,1-4H3,(H2,48,49,51)/b32-28+,35-5+. The fraction of sp³-hybridized carbons (Fsp3) is 0.170. The van der Waals surface area contributed by atoms with Gasteiger partial charge in [0.25, 0.3) is 0 Å². The maximum atomic E-state index is 6.91. The summed E-state index contributed by atoms with van der Waals surface area (Å²) < 4.78 is 12.7. The van der Waals surface area contributed by atoms with Gasteiger partial charge in [0.05, 0.1) is 23.2 Å². The maximum absolute atomic E-state index is 6.91. The van der Waals surface area contributed by atoms with Gasteiger partial charge in [-0.2, -0.15) is 0 Å². The number of nitrogens with two attached hydrogens (primary N) is 1. The Labute approximate surface area is 318 Å². The molecule has 0 saturated heterocycles. The summed E-state index contributed by atoms with van der Waals surface area (Å²) in [5.41, 5.74) is 13.6. The largest absolute Gasteiger partial charge is 0.478 e. The first-order valence-corrected chi connectivity index (χ1v) is 18.2. The van der Waals surface area contributed by atoms with Crippen molar-refractivity contribution < 1.29 is 9.47 Å². The normalized spacial score (nSPS) is 19.4. The van der Waals surface area contributed by atoms with E-state index in [0.29, 0.717) is 40.9 Å². The second-order valence-corrected chi connectivity index (χ2v) is 13.3. The maximum Gasteiger partial charge on any atom is 0.169 e. The van der Waals surface area contributed by atoms with Gasteiger partial charge in [0.1, 0.15) is 23.5 Å². The second kappa shape index (κ2) is 16.4. The Morgan fingerprint density at radius 3 is 2.44 bits per heavy atom. The number of allylic oxidation sites excluding steroid dienone is 4. The fourth-order valence-electron chi connectivity index (χ4n) is 6.53. The molecule has 2 heterocycles. The number of amidine groups is 3. The lowest BCUT2D eigenvalue weighted by Crippen LogP contribution is -2.40. The van der Waals surface area contributed by atoms with Gasteiger partial charge in [-0.15, -0.1) is 0 Å². The molecule has 0 fully saturated rings. The van der Waals surface area contributed by atoms with Crippen LogP contribution in [0.3, 0.4) is 0 Å². The Hall–Kier alpha value is -6.65. The van der Waals surface area contributed by atoms with Crippen LogP contribution in [0.15, 0.2) is 189 Å². The summed E-state index contributed by atoms with van der Waals surface area (Å²) in [4.78, 5) is 17.5. The molecule has 4 aromatic carbocycles. The summed E-state index contributed by atoms with van der Waals surface area (Å²) in [5.74, 6) is 3.52. The minimum atomic E-state index is -0.322. The number of hydrogen-bond acceptors (Lipinski definition) is 5. The third kappa shape index (κ3) is 8.19. The van der Waals surface area contributed by atoms with Crippen LogP contribution in [0.25, 0.3) is 0 Å². The number of likely N-dealkylation sites (N-methyl/N-ethyl adjacent to an activating group) is 1. The Kier molecular flexibility index (Phi) is 10.8. The van der Waals surface area contributed by atoms with E-state index in [9.17, 15) is 0 Å². The topological polar surface area (TPSA) is 84.8 Å². The van der Waals surface area contributed by atoms with Crippen molar-refractivity contribution in [2.24, 2.45) is 20.7 Å². The molecule has 2 N–H and O–H groups in total. The number of fused-ring (bicyclic) bond motifs is 2. The number of para-hydroxylation sites is 2. The van der Waals surface area contributed by atoms with Crippen molar-refractivity contribution in [1.82, 2.24) is 4.90 Å². The Balaban J connectivity index is 1.25. The summed E-state index contributed by atoms with van der Waals surface area (Å²) in [7, 11) is 2.06. The highest BCUT2D eigenvalue weighted by Crippen LogP contribution is 2.36. The zero-order valence-corrected chi connectivity index (χ0v) is 31.0. The van der Waals surface area contributed by atoms with Crippen molar-refractivity contribution >= 4 is 17.5 Å². The summed E-state index contributed by atoms with van der Waals surface area (Å²) in [6.07, 6.45) is 14.7. The van der Waals surface area contributed by atoms with Crippen molar-refractivity contribution in [3.63, 3.8) is 0 Å². The molecule has 0 radical (unpaired) electrons. The lowest BCUT2D eigenvalue weighted by molar-refractivity contribution is 0.294. The first-order chi connectivity index (χ1) is 26.4. The zero-order chi connectivity index (χ0) is 37.4. The van der Waals surface area contributed by atoms with Crippen molar-refractivity contribution in [3.8, 4) is 11.5 Å². The summed E-state index contributed by atoms with van der Waals surface area (Å²) in [6, 6.07) is 40.1. The Morgan fingerprint density at radius 1 is 0.963 bits per heavy atom. The molecule has 268 valence electrons. The molecule has 0 saturated carbocycles. The molecule has 54 heavy (non-hydrogen) atoms. The number of ether oxygens (including phenoxy) is 2. The molecule has 0 aromatic heterocycles. The molecule has 7 nitrogen and oxygen atoms in total. The zero-order valence-electron chi connectivity index (χ0n) is 31.0. The van der Waals surface area contributed by atoms with Crippen LogP contribution in [-0.2, 0) is 6.42 Å². The lowest BCUT2D eigenvalue weighted by Gasteiger charge is -2.33. The van der Waals surface area contributed by atoms with Crippen LogP contribution in [0.2, 0.25) is 0 Å². The monoisotopic (exact) mass is 709 g/mol. The minimum Gasteiger partial charge on any atom is -0.478 e.